The first kappa shape index (κ1) is 15.3. The number of carboxylic acids is 1. The number of aliphatic carboxylic acids is 1. The lowest BCUT2D eigenvalue weighted by Gasteiger charge is -2.21. The number of rotatable bonds is 4. The van der Waals surface area contributed by atoms with E-state index in [1.165, 1.54) is 0 Å². The lowest BCUT2D eigenvalue weighted by Crippen LogP contribution is -2.22. The van der Waals surface area contributed by atoms with Crippen LogP contribution < -0.4 is 4.74 Å². The SMILES string of the molecule is Cc1cc(CCC(=O)O)nc2ccc(OC(C)(C)C)cc12. The van der Waals surface area contributed by atoms with E-state index in [1.807, 2.05) is 52.0 Å². The fourth-order valence-corrected chi connectivity index (χ4v) is 2.22. The van der Waals surface area contributed by atoms with Gasteiger partial charge in [-0.3, -0.25) is 9.78 Å². The minimum atomic E-state index is -0.802. The molecule has 0 bridgehead atoms. The van der Waals surface area contributed by atoms with Crippen LogP contribution in [0.15, 0.2) is 24.3 Å². The quantitative estimate of drug-likeness (QED) is 0.930. The Morgan fingerprint density at radius 3 is 2.62 bits per heavy atom. The fourth-order valence-electron chi connectivity index (χ4n) is 2.22. The highest BCUT2D eigenvalue weighted by Crippen LogP contribution is 2.26. The van der Waals surface area contributed by atoms with E-state index in [-0.39, 0.29) is 12.0 Å². The summed E-state index contributed by atoms with van der Waals surface area (Å²) in [7, 11) is 0. The van der Waals surface area contributed by atoms with Crippen LogP contribution in [0.3, 0.4) is 0 Å². The van der Waals surface area contributed by atoms with Crippen LogP contribution in [0.2, 0.25) is 0 Å². The summed E-state index contributed by atoms with van der Waals surface area (Å²) in [5.74, 6) is 0.0154. The number of aryl methyl sites for hydroxylation is 2. The number of carbonyl (C=O) groups is 1. The smallest absolute Gasteiger partial charge is 0.303 e. The normalized spacial score (nSPS) is 11.6. The van der Waals surface area contributed by atoms with Gasteiger partial charge in [-0.2, -0.15) is 0 Å². The zero-order valence-electron chi connectivity index (χ0n) is 12.9. The third kappa shape index (κ3) is 4.18. The molecule has 0 amide bonds. The van der Waals surface area contributed by atoms with Crippen LogP contribution in [0.25, 0.3) is 10.9 Å². The molecule has 0 atom stereocenters. The number of ether oxygens (including phenoxy) is 1. The lowest BCUT2D eigenvalue weighted by molar-refractivity contribution is -0.136. The summed E-state index contributed by atoms with van der Waals surface area (Å²) in [5.41, 5.74) is 2.53. The summed E-state index contributed by atoms with van der Waals surface area (Å²) in [6, 6.07) is 7.77. The Labute approximate surface area is 124 Å². The molecule has 4 heteroatoms. The first-order chi connectivity index (χ1) is 9.74. The second-order valence-electron chi connectivity index (χ2n) is 6.22. The summed E-state index contributed by atoms with van der Waals surface area (Å²) in [6.45, 7) is 8.04. The van der Waals surface area contributed by atoms with Gasteiger partial charge in [-0.05, 0) is 57.5 Å². The maximum atomic E-state index is 10.7. The fraction of sp³-hybridized carbons (Fsp3) is 0.412. The predicted octanol–water partition coefficient (Wildman–Crippen LogP) is 3.74. The van der Waals surface area contributed by atoms with Crippen molar-refractivity contribution >= 4 is 16.9 Å². The summed E-state index contributed by atoms with van der Waals surface area (Å²) in [5, 5.41) is 9.80. The molecule has 21 heavy (non-hydrogen) atoms. The van der Waals surface area contributed by atoms with E-state index in [1.54, 1.807) is 0 Å². The summed E-state index contributed by atoms with van der Waals surface area (Å²) >= 11 is 0. The first-order valence-electron chi connectivity index (χ1n) is 7.06. The molecular formula is C17H21NO3. The van der Waals surface area contributed by atoms with E-state index in [4.69, 9.17) is 9.84 Å². The van der Waals surface area contributed by atoms with Crippen LogP contribution in [-0.2, 0) is 11.2 Å². The molecule has 112 valence electrons. The van der Waals surface area contributed by atoms with Crippen LogP contribution >= 0.6 is 0 Å². The number of aromatic nitrogens is 1. The second kappa shape index (κ2) is 5.72. The van der Waals surface area contributed by atoms with Crippen LogP contribution in [0.4, 0.5) is 0 Å². The number of nitrogens with zero attached hydrogens (tertiary/aromatic N) is 1. The Kier molecular flexibility index (Phi) is 4.16. The van der Waals surface area contributed by atoms with E-state index in [9.17, 15) is 4.79 Å². The van der Waals surface area contributed by atoms with E-state index < -0.39 is 5.97 Å². The Balaban J connectivity index is 2.34. The van der Waals surface area contributed by atoms with Crippen LogP contribution in [-0.4, -0.2) is 21.7 Å². The molecule has 0 saturated heterocycles. The molecule has 0 aliphatic carbocycles. The van der Waals surface area contributed by atoms with Gasteiger partial charge in [0.25, 0.3) is 0 Å². The molecule has 1 N–H and O–H groups in total. The van der Waals surface area contributed by atoms with Crippen molar-refractivity contribution in [3.05, 3.63) is 35.5 Å². The molecule has 4 nitrogen and oxygen atoms in total. The van der Waals surface area contributed by atoms with E-state index >= 15 is 0 Å². The van der Waals surface area contributed by atoms with Gasteiger partial charge in [0.1, 0.15) is 11.4 Å². The molecule has 0 spiro atoms. The average molecular weight is 287 g/mol. The standard InChI is InChI=1S/C17H21NO3/c1-11-9-12(5-8-16(19)20)18-15-7-6-13(10-14(11)15)21-17(2,3)4/h6-7,9-10H,5,8H2,1-4H3,(H,19,20). The average Bonchev–Trinajstić information content (AvgIpc) is 2.35. The minimum Gasteiger partial charge on any atom is -0.488 e. The van der Waals surface area contributed by atoms with Crippen molar-refractivity contribution in [2.24, 2.45) is 0 Å². The summed E-state index contributed by atoms with van der Waals surface area (Å²) < 4.78 is 5.87. The van der Waals surface area contributed by atoms with Crippen molar-refractivity contribution in [2.75, 3.05) is 0 Å². The number of hydrogen-bond acceptors (Lipinski definition) is 3. The number of carboxylic acid groups (broad SMARTS) is 1. The van der Waals surface area contributed by atoms with Gasteiger partial charge < -0.3 is 9.84 Å². The number of fused-ring (bicyclic) bond motifs is 1. The Morgan fingerprint density at radius 2 is 2.00 bits per heavy atom. The van der Waals surface area contributed by atoms with Gasteiger partial charge in [-0.1, -0.05) is 0 Å². The summed E-state index contributed by atoms with van der Waals surface area (Å²) in [6.07, 6.45) is 0.551. The minimum absolute atomic E-state index is 0.100. The van der Waals surface area contributed by atoms with Gasteiger partial charge in [0.2, 0.25) is 0 Å². The molecule has 2 aromatic rings. The Morgan fingerprint density at radius 1 is 1.29 bits per heavy atom. The third-order valence-corrected chi connectivity index (χ3v) is 3.06. The van der Waals surface area contributed by atoms with Crippen molar-refractivity contribution in [1.29, 1.82) is 0 Å². The van der Waals surface area contributed by atoms with E-state index in [2.05, 4.69) is 4.98 Å². The molecular weight excluding hydrogens is 266 g/mol. The molecule has 1 aromatic heterocycles. The zero-order valence-corrected chi connectivity index (χ0v) is 12.9. The topological polar surface area (TPSA) is 59.4 Å². The number of hydrogen-bond donors (Lipinski definition) is 1. The van der Waals surface area contributed by atoms with Crippen molar-refractivity contribution in [1.82, 2.24) is 4.98 Å². The molecule has 0 saturated carbocycles. The van der Waals surface area contributed by atoms with E-state index in [0.717, 1.165) is 27.9 Å². The van der Waals surface area contributed by atoms with Crippen LogP contribution in [0, 0.1) is 6.92 Å². The molecule has 0 aliphatic heterocycles. The molecule has 0 unspecified atom stereocenters. The number of pyridine rings is 1. The molecule has 0 aliphatic rings. The third-order valence-electron chi connectivity index (χ3n) is 3.06. The first-order valence-corrected chi connectivity index (χ1v) is 7.06. The van der Waals surface area contributed by atoms with Gasteiger partial charge in [0, 0.05) is 17.5 Å². The summed E-state index contributed by atoms with van der Waals surface area (Å²) in [4.78, 5) is 15.2. The van der Waals surface area contributed by atoms with Crippen molar-refractivity contribution in [2.45, 2.75) is 46.1 Å². The maximum Gasteiger partial charge on any atom is 0.303 e. The van der Waals surface area contributed by atoms with Gasteiger partial charge in [0.05, 0.1) is 11.9 Å². The molecule has 2 rings (SSSR count). The number of benzene rings is 1. The lowest BCUT2D eigenvalue weighted by atomic mass is 10.1. The van der Waals surface area contributed by atoms with Crippen molar-refractivity contribution in [3.63, 3.8) is 0 Å². The van der Waals surface area contributed by atoms with Crippen molar-refractivity contribution in [3.8, 4) is 5.75 Å². The van der Waals surface area contributed by atoms with Gasteiger partial charge >= 0.3 is 5.97 Å². The van der Waals surface area contributed by atoms with E-state index in [0.29, 0.717) is 6.42 Å². The molecule has 1 aromatic carbocycles. The Hall–Kier alpha value is -2.10. The molecule has 0 fully saturated rings. The second-order valence-corrected chi connectivity index (χ2v) is 6.22. The maximum absolute atomic E-state index is 10.7. The predicted molar refractivity (Wildman–Crippen MR) is 82.8 cm³/mol. The van der Waals surface area contributed by atoms with Gasteiger partial charge in [-0.25, -0.2) is 0 Å². The van der Waals surface area contributed by atoms with Crippen LogP contribution in [0.5, 0.6) is 5.75 Å². The molecule has 0 radical (unpaired) electrons. The molecule has 1 heterocycles. The largest absolute Gasteiger partial charge is 0.488 e. The van der Waals surface area contributed by atoms with Crippen LogP contribution in [0.1, 0.15) is 38.4 Å². The Bertz CT molecular complexity index is 672. The van der Waals surface area contributed by atoms with Crippen molar-refractivity contribution < 1.29 is 14.6 Å². The zero-order chi connectivity index (χ0) is 15.6. The highest BCUT2D eigenvalue weighted by Gasteiger charge is 2.13. The highest BCUT2D eigenvalue weighted by molar-refractivity contribution is 5.83. The van der Waals surface area contributed by atoms with Gasteiger partial charge in [0.15, 0.2) is 0 Å². The monoisotopic (exact) mass is 287 g/mol. The van der Waals surface area contributed by atoms with Gasteiger partial charge in [-0.15, -0.1) is 0 Å². The highest BCUT2D eigenvalue weighted by atomic mass is 16.5.